The van der Waals surface area contributed by atoms with Gasteiger partial charge >= 0.3 is 0 Å². The molecule has 0 unspecified atom stereocenters. The first-order chi connectivity index (χ1) is 17.1. The third kappa shape index (κ3) is 5.14. The molecule has 0 atom stereocenters. The van der Waals surface area contributed by atoms with Crippen LogP contribution in [-0.4, -0.2) is 82.4 Å². The van der Waals surface area contributed by atoms with E-state index < -0.39 is 0 Å². The molecular formula is C24H31N9O2. The predicted molar refractivity (Wildman–Crippen MR) is 135 cm³/mol. The molecule has 35 heavy (non-hydrogen) atoms. The Labute approximate surface area is 204 Å². The number of nitrogen functional groups attached to an aromatic ring is 1. The number of fused-ring (bicyclic) bond motifs is 1. The topological polar surface area (TPSA) is 114 Å². The SMILES string of the molecule is CCCOc1ccc(N2CCN(CCN(C)c3cc4nc(-c5ncco5)nn4c(N)n3)CC2)cc1. The summed E-state index contributed by atoms with van der Waals surface area (Å²) in [5.41, 5.74) is 8.00. The van der Waals surface area contributed by atoms with Crippen molar-refractivity contribution in [3.8, 4) is 17.5 Å². The molecule has 1 aromatic carbocycles. The standard InChI is InChI=1S/C24H31N9O2/c1-3-15-34-19-6-4-18(5-7-19)32-13-11-31(12-14-32)10-9-30(2)20-17-21-27-22(23-26-8-16-35-23)29-33(21)24(25)28-20/h4-8,16-17H,3,9-15H2,1-2H3,(H2,25,28). The number of hydrogen-bond donors (Lipinski definition) is 1. The number of piperazine rings is 1. The highest BCUT2D eigenvalue weighted by molar-refractivity contribution is 5.58. The minimum atomic E-state index is 0.273. The van der Waals surface area contributed by atoms with Crippen LogP contribution in [0.25, 0.3) is 17.4 Å². The molecule has 1 aliphatic rings. The molecule has 11 heteroatoms. The smallest absolute Gasteiger partial charge is 0.266 e. The molecule has 1 fully saturated rings. The van der Waals surface area contributed by atoms with Gasteiger partial charge in [0.25, 0.3) is 5.89 Å². The molecule has 4 aromatic rings. The first kappa shape index (κ1) is 22.9. The summed E-state index contributed by atoms with van der Waals surface area (Å²) < 4.78 is 12.5. The molecule has 4 heterocycles. The van der Waals surface area contributed by atoms with Gasteiger partial charge < -0.3 is 24.7 Å². The Morgan fingerprint density at radius 1 is 1.11 bits per heavy atom. The van der Waals surface area contributed by atoms with Crippen LogP contribution in [0.15, 0.2) is 47.2 Å². The van der Waals surface area contributed by atoms with Gasteiger partial charge in [-0.05, 0) is 30.7 Å². The monoisotopic (exact) mass is 477 g/mol. The van der Waals surface area contributed by atoms with Crippen LogP contribution in [0, 0.1) is 0 Å². The third-order valence-corrected chi connectivity index (χ3v) is 6.15. The number of nitrogens with two attached hydrogens (primary N) is 1. The van der Waals surface area contributed by atoms with E-state index in [9.17, 15) is 0 Å². The van der Waals surface area contributed by atoms with Gasteiger partial charge in [-0.1, -0.05) is 6.92 Å². The van der Waals surface area contributed by atoms with Gasteiger partial charge in [0.1, 0.15) is 17.8 Å². The summed E-state index contributed by atoms with van der Waals surface area (Å²) in [6.07, 6.45) is 4.06. The number of anilines is 3. The maximum Gasteiger partial charge on any atom is 0.266 e. The van der Waals surface area contributed by atoms with Crippen LogP contribution in [0.5, 0.6) is 5.75 Å². The minimum Gasteiger partial charge on any atom is -0.494 e. The van der Waals surface area contributed by atoms with Crippen LogP contribution in [0.2, 0.25) is 0 Å². The van der Waals surface area contributed by atoms with Crippen molar-refractivity contribution < 1.29 is 9.15 Å². The van der Waals surface area contributed by atoms with E-state index >= 15 is 0 Å². The van der Waals surface area contributed by atoms with Crippen molar-refractivity contribution in [1.82, 2.24) is 29.5 Å². The fraction of sp³-hybridized carbons (Fsp3) is 0.417. The Bertz CT molecular complexity index is 1230. The molecule has 0 amide bonds. The second-order valence-corrected chi connectivity index (χ2v) is 8.61. The van der Waals surface area contributed by atoms with Crippen LogP contribution in [0.3, 0.4) is 0 Å². The summed E-state index contributed by atoms with van der Waals surface area (Å²) in [5.74, 6) is 2.69. The molecule has 0 bridgehead atoms. The summed E-state index contributed by atoms with van der Waals surface area (Å²) in [5, 5.41) is 4.35. The summed E-state index contributed by atoms with van der Waals surface area (Å²) in [6.45, 7) is 8.66. The van der Waals surface area contributed by atoms with E-state index in [1.54, 1.807) is 6.20 Å². The van der Waals surface area contributed by atoms with Crippen molar-refractivity contribution in [3.63, 3.8) is 0 Å². The number of oxazole rings is 1. The lowest BCUT2D eigenvalue weighted by Gasteiger charge is -2.36. The van der Waals surface area contributed by atoms with Gasteiger partial charge in [0.05, 0.1) is 12.8 Å². The molecule has 1 saturated heterocycles. The highest BCUT2D eigenvalue weighted by Gasteiger charge is 2.19. The Kier molecular flexibility index (Phi) is 6.66. The molecule has 5 rings (SSSR count). The average molecular weight is 478 g/mol. The fourth-order valence-corrected chi connectivity index (χ4v) is 4.13. The van der Waals surface area contributed by atoms with E-state index in [1.165, 1.54) is 16.5 Å². The summed E-state index contributed by atoms with van der Waals surface area (Å²) in [7, 11) is 2.02. The molecule has 0 radical (unpaired) electrons. The van der Waals surface area contributed by atoms with Crippen molar-refractivity contribution in [3.05, 3.63) is 42.8 Å². The van der Waals surface area contributed by atoms with Gasteiger partial charge in [-0.25, -0.2) is 9.97 Å². The summed E-state index contributed by atoms with van der Waals surface area (Å²) >= 11 is 0. The summed E-state index contributed by atoms with van der Waals surface area (Å²) in [4.78, 5) is 20.1. The molecule has 1 aliphatic heterocycles. The lowest BCUT2D eigenvalue weighted by atomic mass is 10.2. The normalized spacial score (nSPS) is 14.5. The maximum atomic E-state index is 6.15. The maximum absolute atomic E-state index is 6.15. The number of benzene rings is 1. The van der Waals surface area contributed by atoms with Crippen LogP contribution in [0.4, 0.5) is 17.5 Å². The largest absolute Gasteiger partial charge is 0.494 e. The molecule has 184 valence electrons. The zero-order valence-corrected chi connectivity index (χ0v) is 20.2. The second-order valence-electron chi connectivity index (χ2n) is 8.61. The number of hydrogen-bond acceptors (Lipinski definition) is 10. The number of likely N-dealkylation sites (N-methyl/N-ethyl adjacent to an activating group) is 1. The van der Waals surface area contributed by atoms with Gasteiger partial charge in [-0.3, -0.25) is 4.90 Å². The van der Waals surface area contributed by atoms with Crippen molar-refractivity contribution >= 4 is 23.1 Å². The van der Waals surface area contributed by atoms with Crippen molar-refractivity contribution in [2.75, 3.05) is 68.5 Å². The number of ether oxygens (including phenoxy) is 1. The number of rotatable bonds is 9. The van der Waals surface area contributed by atoms with Gasteiger partial charge in [0, 0.05) is 58.1 Å². The molecule has 0 aliphatic carbocycles. The van der Waals surface area contributed by atoms with Crippen LogP contribution < -0.4 is 20.3 Å². The van der Waals surface area contributed by atoms with E-state index in [-0.39, 0.29) is 5.95 Å². The number of nitrogens with zero attached hydrogens (tertiary/aromatic N) is 8. The Morgan fingerprint density at radius 2 is 1.91 bits per heavy atom. The first-order valence-corrected chi connectivity index (χ1v) is 11.9. The number of aromatic nitrogens is 5. The highest BCUT2D eigenvalue weighted by atomic mass is 16.5. The summed E-state index contributed by atoms with van der Waals surface area (Å²) in [6, 6.07) is 10.3. The molecule has 0 spiro atoms. The van der Waals surface area contributed by atoms with Crippen molar-refractivity contribution in [2.45, 2.75) is 13.3 Å². The predicted octanol–water partition coefficient (Wildman–Crippen LogP) is 2.41. The van der Waals surface area contributed by atoms with E-state index in [1.807, 2.05) is 13.1 Å². The lowest BCUT2D eigenvalue weighted by molar-refractivity contribution is 0.263. The van der Waals surface area contributed by atoms with Crippen molar-refractivity contribution in [2.24, 2.45) is 0 Å². The Morgan fingerprint density at radius 3 is 2.63 bits per heavy atom. The molecule has 2 N–H and O–H groups in total. The minimum absolute atomic E-state index is 0.273. The van der Waals surface area contributed by atoms with Crippen LogP contribution in [0.1, 0.15) is 13.3 Å². The lowest BCUT2D eigenvalue weighted by Crippen LogP contribution is -2.48. The zero-order chi connectivity index (χ0) is 24.2. The quantitative estimate of drug-likeness (QED) is 0.385. The van der Waals surface area contributed by atoms with Gasteiger partial charge in [0.15, 0.2) is 5.65 Å². The zero-order valence-electron chi connectivity index (χ0n) is 20.2. The fourth-order valence-electron chi connectivity index (χ4n) is 4.13. The van der Waals surface area contributed by atoms with E-state index in [0.29, 0.717) is 17.4 Å². The van der Waals surface area contributed by atoms with Crippen molar-refractivity contribution in [1.29, 1.82) is 0 Å². The third-order valence-electron chi connectivity index (χ3n) is 6.15. The molecule has 3 aromatic heterocycles. The van der Waals surface area contributed by atoms with Crippen LogP contribution >= 0.6 is 0 Å². The van der Waals surface area contributed by atoms with E-state index in [4.69, 9.17) is 14.9 Å². The molecular weight excluding hydrogens is 446 g/mol. The van der Waals surface area contributed by atoms with E-state index in [2.05, 4.69) is 65.9 Å². The Balaban J connectivity index is 1.15. The highest BCUT2D eigenvalue weighted by Crippen LogP contribution is 2.22. The second kappa shape index (κ2) is 10.2. The average Bonchev–Trinajstić information content (AvgIpc) is 3.57. The van der Waals surface area contributed by atoms with Gasteiger partial charge in [-0.15, -0.1) is 5.10 Å². The molecule has 0 saturated carbocycles. The Hall–Kier alpha value is -3.86. The van der Waals surface area contributed by atoms with Gasteiger partial charge in [0.2, 0.25) is 11.8 Å². The molecule has 11 nitrogen and oxygen atoms in total. The van der Waals surface area contributed by atoms with E-state index in [0.717, 1.165) is 63.9 Å². The van der Waals surface area contributed by atoms with Gasteiger partial charge in [-0.2, -0.15) is 9.50 Å². The van der Waals surface area contributed by atoms with Crippen LogP contribution in [-0.2, 0) is 0 Å². The first-order valence-electron chi connectivity index (χ1n) is 11.9.